The summed E-state index contributed by atoms with van der Waals surface area (Å²) < 4.78 is 0. The van der Waals surface area contributed by atoms with Gasteiger partial charge in [0.25, 0.3) is 5.91 Å². The average Bonchev–Trinajstić information content (AvgIpc) is 2.29. The Balaban J connectivity index is 2.84. The van der Waals surface area contributed by atoms with E-state index < -0.39 is 0 Å². The summed E-state index contributed by atoms with van der Waals surface area (Å²) in [6.45, 7) is 0.0577. The van der Waals surface area contributed by atoms with E-state index in [1.54, 1.807) is 25.2 Å². The normalized spacial score (nSPS) is 8.93. The second-order valence-corrected chi connectivity index (χ2v) is 2.94. The lowest BCUT2D eigenvalue weighted by molar-refractivity contribution is 0.0963. The van der Waals surface area contributed by atoms with Gasteiger partial charge in [0.15, 0.2) is 0 Å². The van der Waals surface area contributed by atoms with E-state index in [1.807, 2.05) is 6.07 Å². The number of carbonyl (C=O) groups excluding carboxylic acids is 1. The minimum atomic E-state index is -0.124. The molecule has 0 unspecified atom stereocenters. The molecule has 0 aliphatic heterocycles. The van der Waals surface area contributed by atoms with Crippen molar-refractivity contribution in [3.05, 3.63) is 35.4 Å². The van der Waals surface area contributed by atoms with Gasteiger partial charge in [-0.1, -0.05) is 17.9 Å². The molecule has 2 N–H and O–H groups in total. The van der Waals surface area contributed by atoms with Crippen LogP contribution < -0.4 is 5.32 Å². The standard InChI is InChI=1S/C12H13NO2/c1-13-12(15)11-7-4-6-10(9-11)5-2-3-8-14/h4,6-7,9,14H,3,8H2,1H3,(H,13,15). The topological polar surface area (TPSA) is 49.3 Å². The molecule has 0 aliphatic rings. The Labute approximate surface area is 89.1 Å². The fourth-order valence-corrected chi connectivity index (χ4v) is 1.10. The van der Waals surface area contributed by atoms with Crippen LogP contribution in [0.3, 0.4) is 0 Å². The van der Waals surface area contributed by atoms with Crippen molar-refractivity contribution in [1.82, 2.24) is 5.32 Å². The molecule has 0 heterocycles. The summed E-state index contributed by atoms with van der Waals surface area (Å²) >= 11 is 0. The van der Waals surface area contributed by atoms with Crippen molar-refractivity contribution in [3.63, 3.8) is 0 Å². The van der Waals surface area contributed by atoms with Crippen LogP contribution in [-0.4, -0.2) is 24.7 Å². The molecule has 0 aliphatic carbocycles. The van der Waals surface area contributed by atoms with Gasteiger partial charge in [0.1, 0.15) is 0 Å². The van der Waals surface area contributed by atoms with Crippen LogP contribution >= 0.6 is 0 Å². The number of benzene rings is 1. The van der Waals surface area contributed by atoms with Gasteiger partial charge in [0.2, 0.25) is 0 Å². The Morgan fingerprint density at radius 1 is 1.53 bits per heavy atom. The van der Waals surface area contributed by atoms with Crippen molar-refractivity contribution >= 4 is 5.91 Å². The second kappa shape index (κ2) is 5.84. The number of nitrogens with one attached hydrogen (secondary N) is 1. The summed E-state index contributed by atoms with van der Waals surface area (Å²) in [5.74, 6) is 5.55. The zero-order chi connectivity index (χ0) is 11.1. The third kappa shape index (κ3) is 3.45. The Bertz CT molecular complexity index is 402. The summed E-state index contributed by atoms with van der Waals surface area (Å²) in [5, 5.41) is 11.1. The average molecular weight is 203 g/mol. The molecule has 78 valence electrons. The van der Waals surface area contributed by atoms with Gasteiger partial charge >= 0.3 is 0 Å². The highest BCUT2D eigenvalue weighted by Gasteiger charge is 2.01. The van der Waals surface area contributed by atoms with E-state index in [4.69, 9.17) is 5.11 Å². The summed E-state index contributed by atoms with van der Waals surface area (Å²) in [5.41, 5.74) is 1.37. The summed E-state index contributed by atoms with van der Waals surface area (Å²) in [6.07, 6.45) is 0.449. The lowest BCUT2D eigenvalue weighted by Crippen LogP contribution is -2.17. The molecule has 3 nitrogen and oxygen atoms in total. The monoisotopic (exact) mass is 203 g/mol. The fourth-order valence-electron chi connectivity index (χ4n) is 1.10. The van der Waals surface area contributed by atoms with Gasteiger partial charge in [-0.15, -0.1) is 0 Å². The molecule has 0 saturated heterocycles. The van der Waals surface area contributed by atoms with Crippen molar-refractivity contribution in [2.75, 3.05) is 13.7 Å². The molecule has 0 spiro atoms. The number of aliphatic hydroxyl groups excluding tert-OH is 1. The van der Waals surface area contributed by atoms with E-state index in [-0.39, 0.29) is 12.5 Å². The minimum Gasteiger partial charge on any atom is -0.395 e. The van der Waals surface area contributed by atoms with Crippen LogP contribution in [0.15, 0.2) is 24.3 Å². The van der Waals surface area contributed by atoms with E-state index >= 15 is 0 Å². The van der Waals surface area contributed by atoms with E-state index in [1.165, 1.54) is 0 Å². The van der Waals surface area contributed by atoms with Crippen LogP contribution in [0.25, 0.3) is 0 Å². The maximum atomic E-state index is 11.3. The zero-order valence-electron chi connectivity index (χ0n) is 8.58. The van der Waals surface area contributed by atoms with Crippen molar-refractivity contribution in [1.29, 1.82) is 0 Å². The quantitative estimate of drug-likeness (QED) is 0.698. The van der Waals surface area contributed by atoms with Crippen molar-refractivity contribution in [2.45, 2.75) is 6.42 Å². The van der Waals surface area contributed by atoms with E-state index in [0.717, 1.165) is 5.56 Å². The highest BCUT2D eigenvalue weighted by Crippen LogP contribution is 2.03. The van der Waals surface area contributed by atoms with Gasteiger partial charge in [0.05, 0.1) is 6.61 Å². The van der Waals surface area contributed by atoms with Gasteiger partial charge in [-0.3, -0.25) is 4.79 Å². The molecule has 0 aromatic heterocycles. The molecule has 15 heavy (non-hydrogen) atoms. The first-order chi connectivity index (χ1) is 7.27. The predicted octanol–water partition coefficient (Wildman–Crippen LogP) is 0.780. The molecular weight excluding hydrogens is 190 g/mol. The smallest absolute Gasteiger partial charge is 0.251 e. The molecule has 0 bridgehead atoms. The number of carbonyl (C=O) groups is 1. The zero-order valence-corrected chi connectivity index (χ0v) is 8.58. The van der Waals surface area contributed by atoms with Gasteiger partial charge in [-0.2, -0.15) is 0 Å². The molecule has 1 aromatic rings. The minimum absolute atomic E-state index is 0.0577. The van der Waals surface area contributed by atoms with E-state index in [9.17, 15) is 4.79 Å². The number of hydrogen-bond acceptors (Lipinski definition) is 2. The molecule has 0 radical (unpaired) electrons. The van der Waals surface area contributed by atoms with Crippen LogP contribution in [0.5, 0.6) is 0 Å². The Kier molecular flexibility index (Phi) is 4.39. The SMILES string of the molecule is CNC(=O)c1cccc(C#CCCO)c1. The number of amides is 1. The number of rotatable bonds is 2. The molecular formula is C12H13NO2. The summed E-state index contributed by atoms with van der Waals surface area (Å²) in [4.78, 5) is 11.3. The third-order valence-corrected chi connectivity index (χ3v) is 1.82. The van der Waals surface area contributed by atoms with Crippen molar-refractivity contribution < 1.29 is 9.90 Å². The maximum Gasteiger partial charge on any atom is 0.251 e. The number of hydrogen-bond donors (Lipinski definition) is 2. The molecule has 0 atom stereocenters. The molecule has 0 saturated carbocycles. The Morgan fingerprint density at radius 2 is 2.33 bits per heavy atom. The molecule has 1 amide bonds. The fraction of sp³-hybridized carbons (Fsp3) is 0.250. The van der Waals surface area contributed by atoms with Crippen LogP contribution in [0, 0.1) is 11.8 Å². The first kappa shape index (κ1) is 11.3. The van der Waals surface area contributed by atoms with E-state index in [0.29, 0.717) is 12.0 Å². The van der Waals surface area contributed by atoms with Crippen LogP contribution in [0.2, 0.25) is 0 Å². The molecule has 3 heteroatoms. The van der Waals surface area contributed by atoms with Gasteiger partial charge in [-0.05, 0) is 18.2 Å². The largest absolute Gasteiger partial charge is 0.395 e. The first-order valence-electron chi connectivity index (χ1n) is 4.70. The highest BCUT2D eigenvalue weighted by atomic mass is 16.2. The van der Waals surface area contributed by atoms with Gasteiger partial charge < -0.3 is 10.4 Å². The third-order valence-electron chi connectivity index (χ3n) is 1.82. The van der Waals surface area contributed by atoms with Crippen molar-refractivity contribution in [2.24, 2.45) is 0 Å². The van der Waals surface area contributed by atoms with Crippen molar-refractivity contribution in [3.8, 4) is 11.8 Å². The van der Waals surface area contributed by atoms with Crippen LogP contribution in [-0.2, 0) is 0 Å². The summed E-state index contributed by atoms with van der Waals surface area (Å²) in [6, 6.07) is 7.07. The van der Waals surface area contributed by atoms with Crippen LogP contribution in [0.4, 0.5) is 0 Å². The maximum absolute atomic E-state index is 11.3. The Morgan fingerprint density at radius 3 is 3.00 bits per heavy atom. The predicted molar refractivity (Wildman–Crippen MR) is 58.4 cm³/mol. The summed E-state index contributed by atoms with van der Waals surface area (Å²) in [7, 11) is 1.59. The highest BCUT2D eigenvalue weighted by molar-refractivity contribution is 5.94. The first-order valence-corrected chi connectivity index (χ1v) is 4.70. The van der Waals surface area contributed by atoms with Crippen LogP contribution in [0.1, 0.15) is 22.3 Å². The van der Waals surface area contributed by atoms with Gasteiger partial charge in [-0.25, -0.2) is 0 Å². The molecule has 1 rings (SSSR count). The Hall–Kier alpha value is -1.79. The lowest BCUT2D eigenvalue weighted by atomic mass is 10.1. The second-order valence-electron chi connectivity index (χ2n) is 2.94. The lowest BCUT2D eigenvalue weighted by Gasteiger charge is -1.99. The molecule has 1 aromatic carbocycles. The molecule has 0 fully saturated rings. The van der Waals surface area contributed by atoms with E-state index in [2.05, 4.69) is 17.2 Å². The van der Waals surface area contributed by atoms with Gasteiger partial charge in [0, 0.05) is 24.6 Å². The number of aliphatic hydroxyl groups is 1.